The fraction of sp³-hybridized carbons (Fsp3) is 0.500. The Morgan fingerprint density at radius 3 is 2.83 bits per heavy atom. The number of aliphatic imine (C=N–C) groups is 1. The fourth-order valence-corrected chi connectivity index (χ4v) is 1.56. The van der Waals surface area contributed by atoms with E-state index in [1.54, 1.807) is 0 Å². The number of hydrogen-bond acceptors (Lipinski definition) is 2. The molecule has 1 aromatic rings. The molecule has 18 heavy (non-hydrogen) atoms. The maximum Gasteiger partial charge on any atom is 0.188 e. The first-order valence-electron chi connectivity index (χ1n) is 6.43. The number of nitrogens with zero attached hydrogens (tertiary/aromatic N) is 1. The number of ether oxygens (including phenoxy) is 1. The molecule has 0 saturated carbocycles. The van der Waals surface area contributed by atoms with Crippen molar-refractivity contribution in [1.29, 1.82) is 0 Å². The standard InChI is InChI=1S/C14H23N3O/c1-4-8-16-14(15)17-10-12-7-6-11(3)9-13(12)18-5-2/h6-7,9H,4-5,8,10H2,1-3H3,(H3,15,16,17). The predicted molar refractivity (Wildman–Crippen MR) is 76.0 cm³/mol. The van der Waals surface area contributed by atoms with Crippen LogP contribution in [0, 0.1) is 6.92 Å². The third-order valence-corrected chi connectivity index (χ3v) is 2.50. The highest BCUT2D eigenvalue weighted by molar-refractivity contribution is 5.77. The molecule has 0 amide bonds. The Balaban J connectivity index is 2.71. The molecule has 0 aliphatic rings. The molecular formula is C14H23N3O. The molecule has 0 aliphatic carbocycles. The highest BCUT2D eigenvalue weighted by Gasteiger charge is 2.03. The molecule has 0 bridgehead atoms. The molecule has 0 radical (unpaired) electrons. The van der Waals surface area contributed by atoms with Crippen LogP contribution in [0.3, 0.4) is 0 Å². The van der Waals surface area contributed by atoms with E-state index in [4.69, 9.17) is 10.5 Å². The van der Waals surface area contributed by atoms with E-state index in [2.05, 4.69) is 23.3 Å². The van der Waals surface area contributed by atoms with Gasteiger partial charge in [0, 0.05) is 12.1 Å². The molecule has 0 fully saturated rings. The molecule has 0 spiro atoms. The lowest BCUT2D eigenvalue weighted by atomic mass is 10.1. The molecule has 0 aromatic heterocycles. The third kappa shape index (κ3) is 4.65. The third-order valence-electron chi connectivity index (χ3n) is 2.50. The van der Waals surface area contributed by atoms with Crippen LogP contribution >= 0.6 is 0 Å². The molecule has 1 rings (SSSR count). The molecule has 0 heterocycles. The van der Waals surface area contributed by atoms with E-state index in [1.165, 1.54) is 5.56 Å². The van der Waals surface area contributed by atoms with Crippen LogP contribution in [0.2, 0.25) is 0 Å². The van der Waals surface area contributed by atoms with Gasteiger partial charge in [-0.25, -0.2) is 4.99 Å². The number of nitrogens with one attached hydrogen (secondary N) is 1. The van der Waals surface area contributed by atoms with Gasteiger partial charge in [0.1, 0.15) is 5.75 Å². The van der Waals surface area contributed by atoms with E-state index >= 15 is 0 Å². The van der Waals surface area contributed by atoms with Crippen LogP contribution in [0.25, 0.3) is 0 Å². The van der Waals surface area contributed by atoms with Gasteiger partial charge in [-0.1, -0.05) is 19.1 Å². The van der Waals surface area contributed by atoms with Gasteiger partial charge in [0.2, 0.25) is 0 Å². The second kappa shape index (κ2) is 7.58. The number of nitrogens with two attached hydrogens (primary N) is 1. The van der Waals surface area contributed by atoms with E-state index in [-0.39, 0.29) is 0 Å². The van der Waals surface area contributed by atoms with Crippen molar-refractivity contribution in [2.45, 2.75) is 33.7 Å². The van der Waals surface area contributed by atoms with Crippen LogP contribution in [0.5, 0.6) is 5.75 Å². The zero-order chi connectivity index (χ0) is 13.4. The molecule has 0 unspecified atom stereocenters. The van der Waals surface area contributed by atoms with Crippen LogP contribution in [0.1, 0.15) is 31.4 Å². The Hall–Kier alpha value is -1.71. The quantitative estimate of drug-likeness (QED) is 0.600. The summed E-state index contributed by atoms with van der Waals surface area (Å²) in [6.45, 7) is 8.16. The van der Waals surface area contributed by atoms with E-state index in [1.807, 2.05) is 26.0 Å². The van der Waals surface area contributed by atoms with E-state index in [0.717, 1.165) is 24.3 Å². The van der Waals surface area contributed by atoms with Gasteiger partial charge in [0.15, 0.2) is 5.96 Å². The summed E-state index contributed by atoms with van der Waals surface area (Å²) in [7, 11) is 0. The Morgan fingerprint density at radius 1 is 1.39 bits per heavy atom. The Morgan fingerprint density at radius 2 is 2.17 bits per heavy atom. The lowest BCUT2D eigenvalue weighted by Crippen LogP contribution is -2.32. The summed E-state index contributed by atoms with van der Waals surface area (Å²) < 4.78 is 5.60. The minimum atomic E-state index is 0.486. The zero-order valence-electron chi connectivity index (χ0n) is 11.5. The second-order valence-electron chi connectivity index (χ2n) is 4.17. The van der Waals surface area contributed by atoms with Crippen LogP contribution in [0.15, 0.2) is 23.2 Å². The van der Waals surface area contributed by atoms with E-state index in [0.29, 0.717) is 19.1 Å². The van der Waals surface area contributed by atoms with Crippen molar-refractivity contribution in [1.82, 2.24) is 5.32 Å². The SMILES string of the molecule is CCCNC(N)=NCc1ccc(C)cc1OCC. The maximum atomic E-state index is 5.76. The molecular weight excluding hydrogens is 226 g/mol. The smallest absolute Gasteiger partial charge is 0.188 e. The van der Waals surface area contributed by atoms with Gasteiger partial charge in [0.25, 0.3) is 0 Å². The summed E-state index contributed by atoms with van der Waals surface area (Å²) in [6.07, 6.45) is 1.03. The van der Waals surface area contributed by atoms with Gasteiger partial charge in [-0.2, -0.15) is 0 Å². The lowest BCUT2D eigenvalue weighted by Gasteiger charge is -2.10. The highest BCUT2D eigenvalue weighted by atomic mass is 16.5. The monoisotopic (exact) mass is 249 g/mol. The van der Waals surface area contributed by atoms with Crippen LogP contribution in [0.4, 0.5) is 0 Å². The summed E-state index contributed by atoms with van der Waals surface area (Å²) in [5, 5.41) is 3.05. The average Bonchev–Trinajstić information content (AvgIpc) is 2.36. The molecule has 3 N–H and O–H groups in total. The van der Waals surface area contributed by atoms with Gasteiger partial charge >= 0.3 is 0 Å². The Kier molecular flexibility index (Phi) is 6.05. The van der Waals surface area contributed by atoms with Gasteiger partial charge in [-0.3, -0.25) is 0 Å². The van der Waals surface area contributed by atoms with E-state index in [9.17, 15) is 0 Å². The van der Waals surface area contributed by atoms with Crippen molar-refractivity contribution in [2.75, 3.05) is 13.2 Å². The van der Waals surface area contributed by atoms with Gasteiger partial charge in [-0.05, 0) is 31.9 Å². The molecule has 4 heteroatoms. The van der Waals surface area contributed by atoms with Crippen molar-refractivity contribution < 1.29 is 4.74 Å². The normalized spacial score (nSPS) is 11.4. The minimum Gasteiger partial charge on any atom is -0.494 e. The molecule has 0 atom stereocenters. The summed E-state index contributed by atoms with van der Waals surface area (Å²) in [5.74, 6) is 1.38. The van der Waals surface area contributed by atoms with Crippen molar-refractivity contribution >= 4 is 5.96 Å². The van der Waals surface area contributed by atoms with Crippen LogP contribution < -0.4 is 15.8 Å². The molecule has 100 valence electrons. The Labute approximate surface area is 109 Å². The number of hydrogen-bond donors (Lipinski definition) is 2. The minimum absolute atomic E-state index is 0.486. The molecule has 0 saturated heterocycles. The molecule has 0 aliphatic heterocycles. The highest BCUT2D eigenvalue weighted by Crippen LogP contribution is 2.21. The number of aryl methyl sites for hydroxylation is 1. The van der Waals surface area contributed by atoms with Crippen molar-refractivity contribution in [3.63, 3.8) is 0 Å². The number of guanidine groups is 1. The van der Waals surface area contributed by atoms with Gasteiger partial charge < -0.3 is 15.8 Å². The molecule has 4 nitrogen and oxygen atoms in total. The van der Waals surface area contributed by atoms with Crippen molar-refractivity contribution in [3.8, 4) is 5.75 Å². The first-order valence-corrected chi connectivity index (χ1v) is 6.43. The first-order chi connectivity index (χ1) is 8.67. The average molecular weight is 249 g/mol. The topological polar surface area (TPSA) is 59.6 Å². The predicted octanol–water partition coefficient (Wildman–Crippen LogP) is 2.21. The maximum absolute atomic E-state index is 5.76. The van der Waals surface area contributed by atoms with Crippen molar-refractivity contribution in [2.24, 2.45) is 10.7 Å². The van der Waals surface area contributed by atoms with Gasteiger partial charge in [0.05, 0.1) is 13.2 Å². The number of benzene rings is 1. The lowest BCUT2D eigenvalue weighted by molar-refractivity contribution is 0.336. The van der Waals surface area contributed by atoms with Gasteiger partial charge in [-0.15, -0.1) is 0 Å². The van der Waals surface area contributed by atoms with Crippen LogP contribution in [-0.4, -0.2) is 19.1 Å². The number of rotatable bonds is 6. The largest absolute Gasteiger partial charge is 0.494 e. The molecule has 1 aromatic carbocycles. The van der Waals surface area contributed by atoms with Crippen molar-refractivity contribution in [3.05, 3.63) is 29.3 Å². The van der Waals surface area contributed by atoms with E-state index < -0.39 is 0 Å². The second-order valence-corrected chi connectivity index (χ2v) is 4.17. The summed E-state index contributed by atoms with van der Waals surface area (Å²) in [4.78, 5) is 4.31. The fourth-order valence-electron chi connectivity index (χ4n) is 1.56. The summed E-state index contributed by atoms with van der Waals surface area (Å²) in [5.41, 5.74) is 8.00. The Bertz CT molecular complexity index is 402. The summed E-state index contributed by atoms with van der Waals surface area (Å²) in [6, 6.07) is 6.13. The zero-order valence-corrected chi connectivity index (χ0v) is 11.5. The first kappa shape index (κ1) is 14.4. The van der Waals surface area contributed by atoms with Crippen LogP contribution in [-0.2, 0) is 6.54 Å². The summed E-state index contributed by atoms with van der Waals surface area (Å²) >= 11 is 0.